The topological polar surface area (TPSA) is 37.3 Å². The van der Waals surface area contributed by atoms with Crippen LogP contribution in [0.1, 0.15) is 12.6 Å². The third-order valence-corrected chi connectivity index (χ3v) is 2.95. The van der Waals surface area contributed by atoms with E-state index in [-0.39, 0.29) is 0 Å². The molecule has 0 fully saturated rings. The van der Waals surface area contributed by atoms with E-state index in [9.17, 15) is 0 Å². The van der Waals surface area contributed by atoms with Crippen LogP contribution in [-0.4, -0.2) is 10.7 Å². The summed E-state index contributed by atoms with van der Waals surface area (Å²) < 4.78 is 1.21. The van der Waals surface area contributed by atoms with Gasteiger partial charge in [0.05, 0.1) is 17.1 Å². The Labute approximate surface area is 114 Å². The number of pyridine rings is 1. The molecular formula is C13H12IN3. The highest BCUT2D eigenvalue weighted by atomic mass is 127. The van der Waals surface area contributed by atoms with Crippen LogP contribution in [0.5, 0.6) is 0 Å². The Balaban J connectivity index is 2.08. The Kier molecular flexibility index (Phi) is 4.08. The van der Waals surface area contributed by atoms with E-state index < -0.39 is 0 Å². The number of nitrogens with one attached hydrogen (secondary N) is 1. The minimum atomic E-state index is 0.865. The van der Waals surface area contributed by atoms with Crippen molar-refractivity contribution in [1.29, 1.82) is 0 Å². The lowest BCUT2D eigenvalue weighted by Crippen LogP contribution is -2.01. The summed E-state index contributed by atoms with van der Waals surface area (Å²) in [7, 11) is 0. The van der Waals surface area contributed by atoms with Crippen LogP contribution in [-0.2, 0) is 0 Å². The second-order valence-corrected chi connectivity index (χ2v) is 4.78. The molecule has 0 aliphatic carbocycles. The first-order chi connectivity index (χ1) is 8.25. The predicted molar refractivity (Wildman–Crippen MR) is 79.2 cm³/mol. The second-order valence-electron chi connectivity index (χ2n) is 3.53. The predicted octanol–water partition coefficient (Wildman–Crippen LogP) is 3.52. The Bertz CT molecular complexity index is 506. The average Bonchev–Trinajstić information content (AvgIpc) is 2.39. The summed E-state index contributed by atoms with van der Waals surface area (Å²) >= 11 is 2.27. The van der Waals surface area contributed by atoms with E-state index in [0.717, 1.165) is 17.1 Å². The summed E-state index contributed by atoms with van der Waals surface area (Å²) in [6.07, 6.45) is 1.76. The molecule has 0 bridgehead atoms. The standard InChI is InChI=1S/C13H12IN3/c1-10(13-4-2-3-9-15-13)16-17-12-7-5-11(14)6-8-12/h2-9,17H,1H3/b16-10+. The van der Waals surface area contributed by atoms with E-state index in [0.29, 0.717) is 0 Å². The Morgan fingerprint density at radius 2 is 1.94 bits per heavy atom. The van der Waals surface area contributed by atoms with E-state index in [4.69, 9.17) is 0 Å². The molecule has 0 spiro atoms. The Hall–Kier alpha value is -1.43. The van der Waals surface area contributed by atoms with Gasteiger partial charge in [-0.15, -0.1) is 0 Å². The fourth-order valence-corrected chi connectivity index (χ4v) is 1.67. The third kappa shape index (κ3) is 3.52. The lowest BCUT2D eigenvalue weighted by molar-refractivity contribution is 1.25. The molecule has 0 saturated heterocycles. The lowest BCUT2D eigenvalue weighted by Gasteiger charge is -2.02. The molecule has 17 heavy (non-hydrogen) atoms. The molecule has 2 rings (SSSR count). The normalized spacial score (nSPS) is 11.3. The van der Waals surface area contributed by atoms with Gasteiger partial charge in [0.25, 0.3) is 0 Å². The summed E-state index contributed by atoms with van der Waals surface area (Å²) in [5.74, 6) is 0. The lowest BCUT2D eigenvalue weighted by atomic mass is 10.3. The first-order valence-corrected chi connectivity index (χ1v) is 6.31. The van der Waals surface area contributed by atoms with Crippen LogP contribution < -0.4 is 5.43 Å². The van der Waals surface area contributed by atoms with Crippen molar-refractivity contribution in [3.8, 4) is 0 Å². The monoisotopic (exact) mass is 337 g/mol. The number of hydrogen-bond acceptors (Lipinski definition) is 3. The zero-order valence-corrected chi connectivity index (χ0v) is 11.5. The largest absolute Gasteiger partial charge is 0.278 e. The van der Waals surface area contributed by atoms with Crippen LogP contribution in [0.25, 0.3) is 0 Å². The van der Waals surface area contributed by atoms with Crippen molar-refractivity contribution in [3.05, 3.63) is 57.9 Å². The van der Waals surface area contributed by atoms with Gasteiger partial charge in [-0.25, -0.2) is 0 Å². The molecular weight excluding hydrogens is 325 g/mol. The summed E-state index contributed by atoms with van der Waals surface area (Å²) in [6.45, 7) is 1.93. The molecule has 0 aliphatic rings. The van der Waals surface area contributed by atoms with Crippen molar-refractivity contribution in [2.24, 2.45) is 5.10 Å². The Morgan fingerprint density at radius 1 is 1.18 bits per heavy atom. The van der Waals surface area contributed by atoms with Gasteiger partial charge in [0, 0.05) is 9.77 Å². The van der Waals surface area contributed by atoms with E-state index >= 15 is 0 Å². The zero-order chi connectivity index (χ0) is 12.1. The number of nitrogens with zero attached hydrogens (tertiary/aromatic N) is 2. The van der Waals surface area contributed by atoms with Gasteiger partial charge in [0.15, 0.2) is 0 Å². The molecule has 0 aliphatic heterocycles. The maximum absolute atomic E-state index is 4.30. The maximum Gasteiger partial charge on any atom is 0.0859 e. The van der Waals surface area contributed by atoms with E-state index in [1.165, 1.54) is 3.57 Å². The van der Waals surface area contributed by atoms with Crippen LogP contribution in [0.3, 0.4) is 0 Å². The minimum Gasteiger partial charge on any atom is -0.278 e. The highest BCUT2D eigenvalue weighted by Crippen LogP contribution is 2.11. The van der Waals surface area contributed by atoms with Crippen molar-refractivity contribution >= 4 is 34.0 Å². The van der Waals surface area contributed by atoms with Gasteiger partial charge in [0.1, 0.15) is 0 Å². The number of aromatic nitrogens is 1. The van der Waals surface area contributed by atoms with E-state index in [1.54, 1.807) is 6.20 Å². The number of benzene rings is 1. The minimum absolute atomic E-state index is 0.865. The van der Waals surface area contributed by atoms with Gasteiger partial charge in [-0.2, -0.15) is 5.10 Å². The number of hydrogen-bond donors (Lipinski definition) is 1. The van der Waals surface area contributed by atoms with Crippen LogP contribution in [0.15, 0.2) is 53.8 Å². The fourth-order valence-electron chi connectivity index (χ4n) is 1.31. The third-order valence-electron chi connectivity index (χ3n) is 2.23. The van der Waals surface area contributed by atoms with Crippen LogP contribution >= 0.6 is 22.6 Å². The second kappa shape index (κ2) is 5.77. The highest BCUT2D eigenvalue weighted by Gasteiger charge is 1.97. The first-order valence-electron chi connectivity index (χ1n) is 5.23. The summed E-state index contributed by atoms with van der Waals surface area (Å²) in [6, 6.07) is 13.8. The Morgan fingerprint density at radius 3 is 2.59 bits per heavy atom. The van der Waals surface area contributed by atoms with Gasteiger partial charge in [-0.1, -0.05) is 6.07 Å². The van der Waals surface area contributed by atoms with Gasteiger partial charge in [-0.3, -0.25) is 10.4 Å². The maximum atomic E-state index is 4.30. The van der Waals surface area contributed by atoms with E-state index in [1.807, 2.05) is 49.4 Å². The molecule has 1 aromatic heterocycles. The molecule has 86 valence electrons. The summed E-state index contributed by atoms with van der Waals surface area (Å²) in [4.78, 5) is 4.23. The molecule has 1 heterocycles. The molecule has 0 amide bonds. The SMILES string of the molecule is C/C(=N\Nc1ccc(I)cc1)c1ccccn1. The highest BCUT2D eigenvalue weighted by molar-refractivity contribution is 14.1. The summed E-state index contributed by atoms with van der Waals surface area (Å²) in [5.41, 5.74) is 5.73. The van der Waals surface area contributed by atoms with Gasteiger partial charge in [0.2, 0.25) is 0 Å². The van der Waals surface area contributed by atoms with Crippen molar-refractivity contribution in [1.82, 2.24) is 4.98 Å². The van der Waals surface area contributed by atoms with Crippen LogP contribution in [0, 0.1) is 3.57 Å². The number of hydrazone groups is 1. The summed E-state index contributed by atoms with van der Waals surface area (Å²) in [5, 5.41) is 4.30. The molecule has 2 aromatic rings. The van der Waals surface area contributed by atoms with Crippen molar-refractivity contribution in [2.45, 2.75) is 6.92 Å². The smallest absolute Gasteiger partial charge is 0.0859 e. The molecule has 0 unspecified atom stereocenters. The van der Waals surface area contributed by atoms with Gasteiger partial charge < -0.3 is 0 Å². The van der Waals surface area contributed by atoms with Gasteiger partial charge >= 0.3 is 0 Å². The molecule has 0 radical (unpaired) electrons. The van der Waals surface area contributed by atoms with Crippen LogP contribution in [0.4, 0.5) is 5.69 Å². The number of anilines is 1. The molecule has 3 nitrogen and oxygen atoms in total. The molecule has 0 atom stereocenters. The molecule has 1 aromatic carbocycles. The van der Waals surface area contributed by atoms with Crippen molar-refractivity contribution in [2.75, 3.05) is 5.43 Å². The van der Waals surface area contributed by atoms with Crippen molar-refractivity contribution < 1.29 is 0 Å². The van der Waals surface area contributed by atoms with E-state index in [2.05, 4.69) is 38.1 Å². The van der Waals surface area contributed by atoms with Crippen LogP contribution in [0.2, 0.25) is 0 Å². The first kappa shape index (κ1) is 12.0. The van der Waals surface area contributed by atoms with Gasteiger partial charge in [-0.05, 0) is 65.9 Å². The zero-order valence-electron chi connectivity index (χ0n) is 9.39. The molecule has 4 heteroatoms. The average molecular weight is 337 g/mol. The number of rotatable bonds is 3. The molecule has 0 saturated carbocycles. The fraction of sp³-hybridized carbons (Fsp3) is 0.0769. The van der Waals surface area contributed by atoms with Crippen molar-refractivity contribution in [3.63, 3.8) is 0 Å². The number of halogens is 1. The molecule has 1 N–H and O–H groups in total. The quantitative estimate of drug-likeness (QED) is 0.529.